The van der Waals surface area contributed by atoms with Crippen molar-refractivity contribution < 1.29 is 9.53 Å². The van der Waals surface area contributed by atoms with Crippen molar-refractivity contribution in [3.8, 4) is 0 Å². The molecule has 1 aliphatic heterocycles. The minimum Gasteiger partial charge on any atom is -0.379 e. The number of rotatable bonds is 5. The van der Waals surface area contributed by atoms with Crippen molar-refractivity contribution in [1.29, 1.82) is 0 Å². The zero-order chi connectivity index (χ0) is 17.8. The molecule has 1 fully saturated rings. The minimum atomic E-state index is 0.0542. The Balaban J connectivity index is 1.78. The molecular weight excluding hydrogens is 316 g/mol. The summed E-state index contributed by atoms with van der Waals surface area (Å²) in [6.45, 7) is 4.72. The van der Waals surface area contributed by atoms with Gasteiger partial charge in [-0.25, -0.2) is 9.67 Å². The van der Waals surface area contributed by atoms with Crippen molar-refractivity contribution in [1.82, 2.24) is 19.7 Å². The second-order valence-corrected chi connectivity index (χ2v) is 6.62. The Bertz CT molecular complexity index is 713. The molecule has 1 amide bonds. The number of carbonyl (C=O) groups excluding carboxylic acids is 1. The van der Waals surface area contributed by atoms with Gasteiger partial charge in [0.15, 0.2) is 0 Å². The molecule has 0 radical (unpaired) electrons. The summed E-state index contributed by atoms with van der Waals surface area (Å²) in [5.41, 5.74) is 1.22. The van der Waals surface area contributed by atoms with Gasteiger partial charge in [0.1, 0.15) is 18.2 Å². The summed E-state index contributed by atoms with van der Waals surface area (Å²) in [6, 6.07) is 10.3. The van der Waals surface area contributed by atoms with Gasteiger partial charge in [0.05, 0.1) is 12.1 Å². The van der Waals surface area contributed by atoms with Crippen LogP contribution in [0.2, 0.25) is 0 Å². The topological polar surface area (TPSA) is 60.2 Å². The first-order valence-electron chi connectivity index (χ1n) is 8.82. The van der Waals surface area contributed by atoms with E-state index in [2.05, 4.69) is 22.2 Å². The lowest BCUT2D eigenvalue weighted by Crippen LogP contribution is -2.53. The molecule has 0 unspecified atom stereocenters. The van der Waals surface area contributed by atoms with Crippen LogP contribution in [0.3, 0.4) is 0 Å². The second-order valence-electron chi connectivity index (χ2n) is 6.62. The third-order valence-corrected chi connectivity index (χ3v) is 4.88. The molecule has 6 heteroatoms. The molecule has 0 saturated carbocycles. The van der Waals surface area contributed by atoms with Gasteiger partial charge in [-0.1, -0.05) is 30.3 Å². The average Bonchev–Trinajstić information content (AvgIpc) is 2.93. The summed E-state index contributed by atoms with van der Waals surface area (Å²) < 4.78 is 7.39. The number of hydrogen-bond donors (Lipinski definition) is 0. The van der Waals surface area contributed by atoms with E-state index in [9.17, 15) is 4.79 Å². The van der Waals surface area contributed by atoms with E-state index in [1.807, 2.05) is 36.9 Å². The van der Waals surface area contributed by atoms with Crippen molar-refractivity contribution in [2.45, 2.75) is 51.8 Å². The van der Waals surface area contributed by atoms with Gasteiger partial charge in [-0.15, -0.1) is 0 Å². The Morgan fingerprint density at radius 3 is 2.68 bits per heavy atom. The molecule has 0 bridgehead atoms. The van der Waals surface area contributed by atoms with Crippen LogP contribution in [0, 0.1) is 13.8 Å². The summed E-state index contributed by atoms with van der Waals surface area (Å²) in [5, 5.41) is 4.32. The lowest BCUT2D eigenvalue weighted by atomic mass is 9.92. The van der Waals surface area contributed by atoms with E-state index < -0.39 is 0 Å². The molecule has 1 saturated heterocycles. The van der Waals surface area contributed by atoms with Crippen LogP contribution in [-0.4, -0.2) is 51.4 Å². The fourth-order valence-electron chi connectivity index (χ4n) is 3.63. The molecule has 6 nitrogen and oxygen atoms in total. The van der Waals surface area contributed by atoms with E-state index in [4.69, 9.17) is 4.74 Å². The van der Waals surface area contributed by atoms with Crippen molar-refractivity contribution in [3.05, 3.63) is 47.5 Å². The number of nitrogens with zero attached hydrogens (tertiary/aromatic N) is 4. The smallest absolute Gasteiger partial charge is 0.244 e. The van der Waals surface area contributed by atoms with E-state index in [0.717, 1.165) is 31.6 Å². The Morgan fingerprint density at radius 1 is 1.28 bits per heavy atom. The SMILES string of the molecule is CO[C@H]1CCCN(C(=O)Cn2nc(C)nc2C)[C@H]1Cc1ccccc1. The quantitative estimate of drug-likeness (QED) is 0.835. The summed E-state index contributed by atoms with van der Waals surface area (Å²) >= 11 is 0. The summed E-state index contributed by atoms with van der Waals surface area (Å²) in [4.78, 5) is 19.2. The number of aromatic nitrogens is 3. The van der Waals surface area contributed by atoms with Crippen LogP contribution in [0.1, 0.15) is 30.1 Å². The molecule has 0 spiro atoms. The van der Waals surface area contributed by atoms with Crippen LogP contribution in [0.25, 0.3) is 0 Å². The van der Waals surface area contributed by atoms with Gasteiger partial charge in [-0.3, -0.25) is 4.79 Å². The average molecular weight is 342 g/mol. The molecule has 0 aliphatic carbocycles. The highest BCUT2D eigenvalue weighted by atomic mass is 16.5. The Morgan fingerprint density at radius 2 is 2.04 bits per heavy atom. The number of ether oxygens (including phenoxy) is 1. The van der Waals surface area contributed by atoms with E-state index in [1.165, 1.54) is 5.56 Å². The Kier molecular flexibility index (Phi) is 5.48. The van der Waals surface area contributed by atoms with E-state index in [0.29, 0.717) is 5.82 Å². The highest BCUT2D eigenvalue weighted by Crippen LogP contribution is 2.24. The van der Waals surface area contributed by atoms with Gasteiger partial charge in [-0.05, 0) is 38.7 Å². The fraction of sp³-hybridized carbons (Fsp3) is 0.526. The predicted octanol–water partition coefficient (Wildman–Crippen LogP) is 2.14. The fourth-order valence-corrected chi connectivity index (χ4v) is 3.63. The maximum atomic E-state index is 13.0. The number of carbonyl (C=O) groups is 1. The van der Waals surface area contributed by atoms with Crippen molar-refractivity contribution >= 4 is 5.91 Å². The molecule has 1 aromatic carbocycles. The number of benzene rings is 1. The molecule has 1 aliphatic rings. The molecule has 134 valence electrons. The standard InChI is InChI=1S/C19H26N4O2/c1-14-20-15(2)23(21-14)13-19(24)22-11-7-10-18(25-3)17(22)12-16-8-5-4-6-9-16/h4-6,8-9,17-18H,7,10-13H2,1-3H3/t17-,18-/m0/s1. The maximum Gasteiger partial charge on any atom is 0.244 e. The monoisotopic (exact) mass is 342 g/mol. The molecule has 1 aromatic heterocycles. The molecule has 0 N–H and O–H groups in total. The van der Waals surface area contributed by atoms with Crippen LogP contribution in [0.5, 0.6) is 0 Å². The third kappa shape index (κ3) is 4.07. The third-order valence-electron chi connectivity index (χ3n) is 4.88. The highest BCUT2D eigenvalue weighted by Gasteiger charge is 2.34. The predicted molar refractivity (Wildman–Crippen MR) is 95.2 cm³/mol. The zero-order valence-corrected chi connectivity index (χ0v) is 15.2. The van der Waals surface area contributed by atoms with Gasteiger partial charge < -0.3 is 9.64 Å². The van der Waals surface area contributed by atoms with Gasteiger partial charge in [-0.2, -0.15) is 5.10 Å². The maximum absolute atomic E-state index is 13.0. The molecule has 2 aromatic rings. The van der Waals surface area contributed by atoms with Gasteiger partial charge >= 0.3 is 0 Å². The summed E-state index contributed by atoms with van der Waals surface area (Å²) in [5.74, 6) is 1.54. The van der Waals surface area contributed by atoms with Crippen LogP contribution in [0.4, 0.5) is 0 Å². The normalized spacial score (nSPS) is 20.7. The van der Waals surface area contributed by atoms with Crippen LogP contribution >= 0.6 is 0 Å². The number of piperidine rings is 1. The van der Waals surface area contributed by atoms with Crippen LogP contribution in [0.15, 0.2) is 30.3 Å². The first kappa shape index (κ1) is 17.6. The Hall–Kier alpha value is -2.21. The minimum absolute atomic E-state index is 0.0542. The second kappa shape index (κ2) is 7.78. The number of hydrogen-bond acceptors (Lipinski definition) is 4. The lowest BCUT2D eigenvalue weighted by molar-refractivity contribution is -0.140. The van der Waals surface area contributed by atoms with Crippen molar-refractivity contribution in [2.75, 3.05) is 13.7 Å². The van der Waals surface area contributed by atoms with E-state index in [1.54, 1.807) is 11.8 Å². The van der Waals surface area contributed by atoms with Gasteiger partial charge in [0.2, 0.25) is 5.91 Å². The summed E-state index contributed by atoms with van der Waals surface area (Å²) in [7, 11) is 1.74. The molecule has 3 rings (SSSR count). The molecule has 2 heterocycles. The van der Waals surface area contributed by atoms with Crippen LogP contribution in [-0.2, 0) is 22.5 Å². The van der Waals surface area contributed by atoms with Crippen LogP contribution < -0.4 is 0 Å². The first-order valence-corrected chi connectivity index (χ1v) is 8.82. The molecular formula is C19H26N4O2. The number of aryl methyl sites for hydroxylation is 2. The number of likely N-dealkylation sites (tertiary alicyclic amines) is 1. The largest absolute Gasteiger partial charge is 0.379 e. The zero-order valence-electron chi connectivity index (χ0n) is 15.2. The number of amides is 1. The molecule has 25 heavy (non-hydrogen) atoms. The molecule has 2 atom stereocenters. The van der Waals surface area contributed by atoms with Gasteiger partial charge in [0, 0.05) is 13.7 Å². The van der Waals surface area contributed by atoms with E-state index in [-0.39, 0.29) is 24.6 Å². The first-order chi connectivity index (χ1) is 12.1. The van der Waals surface area contributed by atoms with Gasteiger partial charge in [0.25, 0.3) is 0 Å². The van der Waals surface area contributed by atoms with Crippen molar-refractivity contribution in [3.63, 3.8) is 0 Å². The highest BCUT2D eigenvalue weighted by molar-refractivity contribution is 5.76. The van der Waals surface area contributed by atoms with Crippen molar-refractivity contribution in [2.24, 2.45) is 0 Å². The summed E-state index contributed by atoms with van der Waals surface area (Å²) in [6.07, 6.45) is 2.82. The van der Waals surface area contributed by atoms with E-state index >= 15 is 0 Å². The lowest BCUT2D eigenvalue weighted by Gasteiger charge is -2.41. The number of methoxy groups -OCH3 is 1. The Labute approximate surface area is 148 Å².